The van der Waals surface area contributed by atoms with E-state index in [0.717, 1.165) is 19.0 Å². The Hall–Kier alpha value is -1.02. The van der Waals surface area contributed by atoms with Gasteiger partial charge in [0.15, 0.2) is 0 Å². The number of rotatable bonds is 7. The van der Waals surface area contributed by atoms with Gasteiger partial charge in [-0.2, -0.15) is 0 Å². The second-order valence-corrected chi connectivity index (χ2v) is 6.65. The van der Waals surface area contributed by atoms with Gasteiger partial charge in [-0.3, -0.25) is 0 Å². The number of benzene rings is 1. The van der Waals surface area contributed by atoms with Crippen LogP contribution in [0.25, 0.3) is 0 Å². The summed E-state index contributed by atoms with van der Waals surface area (Å²) in [5, 5.41) is 0. The van der Waals surface area contributed by atoms with Gasteiger partial charge < -0.3 is 10.6 Å². The van der Waals surface area contributed by atoms with Crippen LogP contribution in [0.2, 0.25) is 0 Å². The lowest BCUT2D eigenvalue weighted by molar-refractivity contribution is 0.230. The van der Waals surface area contributed by atoms with E-state index in [1.165, 1.54) is 44.2 Å². The highest BCUT2D eigenvalue weighted by molar-refractivity contribution is 5.46. The minimum absolute atomic E-state index is 0.389. The maximum Gasteiger partial charge on any atom is 0.0366 e. The quantitative estimate of drug-likeness (QED) is 0.803. The van der Waals surface area contributed by atoms with Gasteiger partial charge in [0.05, 0.1) is 0 Å². The van der Waals surface area contributed by atoms with E-state index < -0.39 is 0 Å². The van der Waals surface area contributed by atoms with E-state index in [-0.39, 0.29) is 0 Å². The second kappa shape index (κ2) is 8.43. The summed E-state index contributed by atoms with van der Waals surface area (Å²) in [4.78, 5) is 2.56. The highest BCUT2D eigenvalue weighted by atomic mass is 15.1. The lowest BCUT2D eigenvalue weighted by atomic mass is 9.77. The average Bonchev–Trinajstić information content (AvgIpc) is 2.54. The molecule has 1 aromatic rings. The van der Waals surface area contributed by atoms with Crippen LogP contribution in [-0.2, 0) is 0 Å². The summed E-state index contributed by atoms with van der Waals surface area (Å²) in [6, 6.07) is 11.2. The Balaban J connectivity index is 2.03. The number of unbranched alkanes of at least 4 members (excludes halogenated alkanes) is 1. The van der Waals surface area contributed by atoms with Gasteiger partial charge in [0.2, 0.25) is 0 Å². The van der Waals surface area contributed by atoms with E-state index in [1.807, 2.05) is 0 Å². The van der Waals surface area contributed by atoms with E-state index >= 15 is 0 Å². The third-order valence-corrected chi connectivity index (χ3v) is 5.09. The Kier molecular flexibility index (Phi) is 6.56. The SMILES string of the molecule is CCCCN(CC1CC(CC)CCC1N)c1ccccc1. The molecule has 1 aliphatic rings. The van der Waals surface area contributed by atoms with E-state index in [0.29, 0.717) is 12.0 Å². The lowest BCUT2D eigenvalue weighted by Crippen LogP contribution is -2.43. The first-order valence-electron chi connectivity index (χ1n) is 8.80. The Morgan fingerprint density at radius 1 is 1.14 bits per heavy atom. The van der Waals surface area contributed by atoms with Crippen LogP contribution in [0.5, 0.6) is 0 Å². The average molecular weight is 288 g/mol. The molecular weight excluding hydrogens is 256 g/mol. The summed E-state index contributed by atoms with van der Waals surface area (Å²) < 4.78 is 0. The smallest absolute Gasteiger partial charge is 0.0366 e. The van der Waals surface area contributed by atoms with Crippen molar-refractivity contribution in [2.24, 2.45) is 17.6 Å². The summed E-state index contributed by atoms with van der Waals surface area (Å²) in [7, 11) is 0. The van der Waals surface area contributed by atoms with Crippen LogP contribution in [0.3, 0.4) is 0 Å². The van der Waals surface area contributed by atoms with Crippen molar-refractivity contribution in [2.75, 3.05) is 18.0 Å². The third-order valence-electron chi connectivity index (χ3n) is 5.09. The Morgan fingerprint density at radius 3 is 2.57 bits per heavy atom. The molecule has 0 spiro atoms. The molecule has 3 unspecified atom stereocenters. The van der Waals surface area contributed by atoms with Crippen molar-refractivity contribution in [3.63, 3.8) is 0 Å². The zero-order chi connectivity index (χ0) is 15.1. The Bertz CT molecular complexity index is 390. The number of hydrogen-bond acceptors (Lipinski definition) is 2. The molecule has 0 heterocycles. The molecule has 0 radical (unpaired) electrons. The molecule has 2 heteroatoms. The topological polar surface area (TPSA) is 29.3 Å². The molecule has 1 fully saturated rings. The third kappa shape index (κ3) is 4.74. The fraction of sp³-hybridized carbons (Fsp3) is 0.684. The predicted molar refractivity (Wildman–Crippen MR) is 92.7 cm³/mol. The monoisotopic (exact) mass is 288 g/mol. The molecule has 3 atom stereocenters. The van der Waals surface area contributed by atoms with E-state index in [9.17, 15) is 0 Å². The maximum atomic E-state index is 6.42. The molecule has 2 nitrogen and oxygen atoms in total. The normalized spacial score (nSPS) is 25.8. The van der Waals surface area contributed by atoms with Gasteiger partial charge in [0.1, 0.15) is 0 Å². The van der Waals surface area contributed by atoms with E-state index in [1.54, 1.807) is 0 Å². The highest BCUT2D eigenvalue weighted by Gasteiger charge is 2.28. The summed E-state index contributed by atoms with van der Waals surface area (Å²) in [5.41, 5.74) is 7.78. The number of hydrogen-bond donors (Lipinski definition) is 1. The molecule has 0 aromatic heterocycles. The zero-order valence-electron chi connectivity index (χ0n) is 13.8. The Labute approximate surface area is 130 Å². The fourth-order valence-corrected chi connectivity index (χ4v) is 3.56. The van der Waals surface area contributed by atoms with Gasteiger partial charge in [-0.1, -0.05) is 44.9 Å². The number of para-hydroxylation sites is 1. The van der Waals surface area contributed by atoms with E-state index in [4.69, 9.17) is 5.73 Å². The Morgan fingerprint density at radius 2 is 1.90 bits per heavy atom. The number of nitrogens with two attached hydrogens (primary N) is 1. The van der Waals surface area contributed by atoms with Gasteiger partial charge >= 0.3 is 0 Å². The molecule has 0 bridgehead atoms. The van der Waals surface area contributed by atoms with Gasteiger partial charge in [-0.05, 0) is 49.7 Å². The molecule has 21 heavy (non-hydrogen) atoms. The van der Waals surface area contributed by atoms with Crippen molar-refractivity contribution in [3.8, 4) is 0 Å². The fourth-order valence-electron chi connectivity index (χ4n) is 3.56. The molecule has 0 saturated heterocycles. The summed E-state index contributed by atoms with van der Waals surface area (Å²) >= 11 is 0. The van der Waals surface area contributed by atoms with Gasteiger partial charge in [0.25, 0.3) is 0 Å². The van der Waals surface area contributed by atoms with Crippen LogP contribution in [0.4, 0.5) is 5.69 Å². The minimum Gasteiger partial charge on any atom is -0.371 e. The van der Waals surface area contributed by atoms with Crippen molar-refractivity contribution in [1.82, 2.24) is 0 Å². The van der Waals surface area contributed by atoms with Gasteiger partial charge in [0, 0.05) is 24.8 Å². The lowest BCUT2D eigenvalue weighted by Gasteiger charge is -2.38. The molecule has 2 N–H and O–H groups in total. The summed E-state index contributed by atoms with van der Waals surface area (Å²) in [6.45, 7) is 6.87. The minimum atomic E-state index is 0.389. The molecule has 118 valence electrons. The van der Waals surface area contributed by atoms with Crippen molar-refractivity contribution >= 4 is 5.69 Å². The van der Waals surface area contributed by atoms with Crippen LogP contribution in [0.15, 0.2) is 30.3 Å². The first kappa shape index (κ1) is 16.4. The van der Waals surface area contributed by atoms with Crippen LogP contribution >= 0.6 is 0 Å². The molecule has 2 rings (SSSR count). The number of anilines is 1. The standard InChI is InChI=1S/C19H32N2/c1-3-5-13-21(18-9-7-6-8-10-18)15-17-14-16(4-2)11-12-19(17)20/h6-10,16-17,19H,3-5,11-15,20H2,1-2H3. The van der Waals surface area contributed by atoms with Gasteiger partial charge in [-0.15, -0.1) is 0 Å². The first-order valence-corrected chi connectivity index (χ1v) is 8.80. The van der Waals surface area contributed by atoms with Gasteiger partial charge in [-0.25, -0.2) is 0 Å². The molecule has 1 aromatic carbocycles. The summed E-state index contributed by atoms with van der Waals surface area (Å²) in [6.07, 6.45) is 7.66. The first-order chi connectivity index (χ1) is 10.2. The van der Waals surface area contributed by atoms with Crippen molar-refractivity contribution in [3.05, 3.63) is 30.3 Å². The maximum absolute atomic E-state index is 6.42. The molecule has 1 saturated carbocycles. The summed E-state index contributed by atoms with van der Waals surface area (Å²) in [5.74, 6) is 1.54. The second-order valence-electron chi connectivity index (χ2n) is 6.65. The largest absolute Gasteiger partial charge is 0.371 e. The zero-order valence-corrected chi connectivity index (χ0v) is 13.8. The molecule has 1 aliphatic carbocycles. The highest BCUT2D eigenvalue weighted by Crippen LogP contribution is 2.32. The molecule has 0 aliphatic heterocycles. The van der Waals surface area contributed by atoms with Crippen LogP contribution in [0.1, 0.15) is 52.4 Å². The number of nitrogens with zero attached hydrogens (tertiary/aromatic N) is 1. The van der Waals surface area contributed by atoms with Crippen molar-refractivity contribution in [1.29, 1.82) is 0 Å². The molecule has 0 amide bonds. The predicted octanol–water partition coefficient (Wildman–Crippen LogP) is 4.45. The van der Waals surface area contributed by atoms with E-state index in [2.05, 4.69) is 49.1 Å². The molecular formula is C19H32N2. The van der Waals surface area contributed by atoms with Crippen LogP contribution in [-0.4, -0.2) is 19.1 Å². The van der Waals surface area contributed by atoms with Crippen LogP contribution in [0, 0.1) is 11.8 Å². The van der Waals surface area contributed by atoms with Crippen molar-refractivity contribution in [2.45, 2.75) is 58.4 Å². The van der Waals surface area contributed by atoms with Crippen molar-refractivity contribution < 1.29 is 0 Å². The van der Waals surface area contributed by atoms with Crippen LogP contribution < -0.4 is 10.6 Å².